The van der Waals surface area contributed by atoms with Crippen LogP contribution >= 0.6 is 11.6 Å². The van der Waals surface area contributed by atoms with Crippen molar-refractivity contribution >= 4 is 43.9 Å². The molecule has 0 unspecified atom stereocenters. The predicted molar refractivity (Wildman–Crippen MR) is 165 cm³/mol. The summed E-state index contributed by atoms with van der Waals surface area (Å²) in [4.78, 5) is 18.8. The van der Waals surface area contributed by atoms with E-state index in [-0.39, 0.29) is 16.9 Å². The van der Waals surface area contributed by atoms with Gasteiger partial charge in [-0.25, -0.2) is 0 Å². The number of H-pyrrole nitrogens is 1. The molecule has 0 aliphatic carbocycles. The number of nitrogens with zero attached hydrogens (tertiary/aromatic N) is 3. The molecule has 0 spiro atoms. The van der Waals surface area contributed by atoms with E-state index >= 15 is 0 Å². The largest absolute Gasteiger partial charge is 0.378 e. The van der Waals surface area contributed by atoms with Crippen molar-refractivity contribution in [2.45, 2.75) is 17.4 Å². The summed E-state index contributed by atoms with van der Waals surface area (Å²) < 4.78 is 29.1. The van der Waals surface area contributed by atoms with Crippen molar-refractivity contribution in [1.29, 1.82) is 0 Å². The molecule has 206 valence electrons. The average Bonchev–Trinajstić information content (AvgIpc) is 3.44. The summed E-state index contributed by atoms with van der Waals surface area (Å²) in [6.07, 6.45) is 0.211. The minimum atomic E-state index is -4.04. The molecule has 0 saturated carbocycles. The van der Waals surface area contributed by atoms with Crippen molar-refractivity contribution in [3.05, 3.63) is 130 Å². The summed E-state index contributed by atoms with van der Waals surface area (Å²) in [6.45, 7) is 0. The topological polar surface area (TPSA) is 85.8 Å². The lowest BCUT2D eigenvalue weighted by molar-refractivity contribution is 0.371. The van der Waals surface area contributed by atoms with Gasteiger partial charge in [-0.2, -0.15) is 17.9 Å². The van der Waals surface area contributed by atoms with Crippen LogP contribution in [0.25, 0.3) is 22.0 Å². The Hall–Kier alpha value is -4.40. The fraction of sp³-hybridized carbons (Fsp3) is 0.125. The van der Waals surface area contributed by atoms with E-state index in [0.29, 0.717) is 27.4 Å². The molecule has 0 amide bonds. The molecule has 4 aromatic carbocycles. The highest BCUT2D eigenvalue weighted by Gasteiger charge is 2.39. The van der Waals surface area contributed by atoms with Gasteiger partial charge in [0.1, 0.15) is 0 Å². The first-order valence-corrected chi connectivity index (χ1v) is 14.9. The van der Waals surface area contributed by atoms with E-state index in [9.17, 15) is 13.2 Å². The number of hydrogen-bond donors (Lipinski definition) is 1. The van der Waals surface area contributed by atoms with Crippen molar-refractivity contribution in [1.82, 2.24) is 9.40 Å². The van der Waals surface area contributed by atoms with Crippen LogP contribution in [0.2, 0.25) is 5.02 Å². The number of benzene rings is 4. The number of aromatic nitrogens is 1. The number of hydrazone groups is 1. The molecule has 1 aromatic heterocycles. The van der Waals surface area contributed by atoms with Gasteiger partial charge in [-0.1, -0.05) is 72.3 Å². The third-order valence-electron chi connectivity index (χ3n) is 7.28. The highest BCUT2D eigenvalue weighted by Crippen LogP contribution is 2.40. The van der Waals surface area contributed by atoms with Gasteiger partial charge >= 0.3 is 0 Å². The first-order valence-electron chi connectivity index (χ1n) is 13.1. The Kier molecular flexibility index (Phi) is 6.89. The highest BCUT2D eigenvalue weighted by atomic mass is 35.5. The van der Waals surface area contributed by atoms with Gasteiger partial charge in [0.25, 0.3) is 15.6 Å². The second-order valence-electron chi connectivity index (χ2n) is 10.1. The van der Waals surface area contributed by atoms with Gasteiger partial charge in [-0.05, 0) is 53.6 Å². The lowest BCUT2D eigenvalue weighted by Crippen LogP contribution is -2.27. The lowest BCUT2D eigenvalue weighted by atomic mass is 9.91. The monoisotopic (exact) mass is 582 g/mol. The van der Waals surface area contributed by atoms with Crippen molar-refractivity contribution in [2.75, 3.05) is 19.0 Å². The zero-order valence-corrected chi connectivity index (χ0v) is 24.0. The van der Waals surface area contributed by atoms with E-state index in [1.807, 2.05) is 79.7 Å². The van der Waals surface area contributed by atoms with E-state index in [4.69, 9.17) is 16.7 Å². The number of pyridine rings is 1. The van der Waals surface area contributed by atoms with Crippen LogP contribution in [0, 0.1) is 0 Å². The van der Waals surface area contributed by atoms with Gasteiger partial charge in [-0.15, -0.1) is 0 Å². The van der Waals surface area contributed by atoms with Crippen molar-refractivity contribution in [3.63, 3.8) is 0 Å². The maximum Gasteiger partial charge on any atom is 0.279 e. The number of anilines is 1. The second-order valence-corrected chi connectivity index (χ2v) is 12.3. The summed E-state index contributed by atoms with van der Waals surface area (Å²) in [7, 11) is -0.149. The number of aromatic amines is 1. The molecule has 1 aliphatic rings. The molecule has 41 heavy (non-hydrogen) atoms. The molecule has 6 rings (SSSR count). The van der Waals surface area contributed by atoms with Crippen molar-refractivity contribution < 1.29 is 8.42 Å². The fourth-order valence-corrected chi connectivity index (χ4v) is 6.88. The van der Waals surface area contributed by atoms with Crippen LogP contribution in [0.3, 0.4) is 0 Å². The number of rotatable bonds is 6. The molecular weight excluding hydrogens is 556 g/mol. The second kappa shape index (κ2) is 10.5. The van der Waals surface area contributed by atoms with Gasteiger partial charge in [0.2, 0.25) is 0 Å². The molecule has 5 aromatic rings. The fourth-order valence-electron chi connectivity index (χ4n) is 5.25. The van der Waals surface area contributed by atoms with E-state index in [1.165, 1.54) is 0 Å². The number of fused-ring (bicyclic) bond motifs is 1. The molecule has 0 radical (unpaired) electrons. The summed E-state index contributed by atoms with van der Waals surface area (Å²) in [5, 5.41) is 5.97. The van der Waals surface area contributed by atoms with Crippen LogP contribution < -0.4 is 10.5 Å². The third-order valence-corrected chi connectivity index (χ3v) is 9.21. The predicted octanol–water partition coefficient (Wildman–Crippen LogP) is 6.45. The molecule has 9 heteroatoms. The van der Waals surface area contributed by atoms with Crippen LogP contribution in [-0.2, 0) is 10.0 Å². The van der Waals surface area contributed by atoms with Gasteiger partial charge in [0.15, 0.2) is 0 Å². The summed E-state index contributed by atoms with van der Waals surface area (Å²) >= 11 is 6.41. The summed E-state index contributed by atoms with van der Waals surface area (Å²) in [6, 6.07) is 30.1. The summed E-state index contributed by atoms with van der Waals surface area (Å²) in [5.41, 5.74) is 4.21. The van der Waals surface area contributed by atoms with Gasteiger partial charge < -0.3 is 9.88 Å². The number of nitrogens with one attached hydrogen (secondary N) is 1. The number of halogens is 1. The Labute approximate surface area is 243 Å². The maximum atomic E-state index is 14.0. The Balaban J connectivity index is 1.58. The standard InChI is InChI=1S/C32H27ClN4O3S/c1-36(2)24-16-13-21(14-17-24)29-20-28(35-37(29)41(39,40)25-11-7-4-8-12-25)31-30(22-9-5-3-6-10-22)26-19-23(33)15-18-27(26)34-32(31)38/h3-19,29H,20H2,1-2H3,(H,34,38)/t29-/m1/s1. The van der Waals surface area contributed by atoms with Crippen LogP contribution in [0.4, 0.5) is 5.69 Å². The van der Waals surface area contributed by atoms with Crippen LogP contribution in [0.1, 0.15) is 23.6 Å². The van der Waals surface area contributed by atoms with E-state index < -0.39 is 16.1 Å². The molecular formula is C32H27ClN4O3S. The van der Waals surface area contributed by atoms with E-state index in [2.05, 4.69) is 4.98 Å². The zero-order valence-electron chi connectivity index (χ0n) is 22.5. The third kappa shape index (κ3) is 4.90. The Morgan fingerprint density at radius 3 is 2.20 bits per heavy atom. The quantitative estimate of drug-likeness (QED) is 0.249. The first kappa shape index (κ1) is 26.8. The minimum Gasteiger partial charge on any atom is -0.378 e. The highest BCUT2D eigenvalue weighted by molar-refractivity contribution is 7.89. The summed E-state index contributed by atoms with van der Waals surface area (Å²) in [5.74, 6) is 0. The van der Waals surface area contributed by atoms with E-state index in [1.54, 1.807) is 42.5 Å². The van der Waals surface area contributed by atoms with Crippen LogP contribution in [-0.4, -0.2) is 37.6 Å². The molecule has 2 heterocycles. The Morgan fingerprint density at radius 1 is 0.878 bits per heavy atom. The molecule has 0 fully saturated rings. The molecule has 1 N–H and O–H groups in total. The van der Waals surface area contributed by atoms with Gasteiger partial charge in [0, 0.05) is 47.7 Å². The molecule has 1 aliphatic heterocycles. The average molecular weight is 583 g/mol. The Bertz CT molecular complexity index is 1940. The SMILES string of the molecule is CN(C)c1ccc([C@H]2CC(c3c(-c4ccccc4)c4cc(Cl)ccc4[nH]c3=O)=NN2S(=O)(=O)c2ccccc2)cc1. The first-order chi connectivity index (χ1) is 19.7. The van der Waals surface area contributed by atoms with Crippen LogP contribution in [0.15, 0.2) is 118 Å². The molecule has 1 atom stereocenters. The van der Waals surface area contributed by atoms with Crippen molar-refractivity contribution in [3.8, 4) is 11.1 Å². The van der Waals surface area contributed by atoms with Gasteiger partial charge in [0.05, 0.1) is 22.2 Å². The minimum absolute atomic E-state index is 0.127. The zero-order chi connectivity index (χ0) is 28.7. The van der Waals surface area contributed by atoms with Crippen LogP contribution in [0.5, 0.6) is 0 Å². The number of hydrogen-bond acceptors (Lipinski definition) is 5. The van der Waals surface area contributed by atoms with Gasteiger partial charge in [-0.3, -0.25) is 4.79 Å². The normalized spacial score (nSPS) is 15.2. The molecule has 0 bridgehead atoms. The molecule has 7 nitrogen and oxygen atoms in total. The van der Waals surface area contributed by atoms with Crippen molar-refractivity contribution in [2.24, 2.45) is 5.10 Å². The van der Waals surface area contributed by atoms with E-state index in [0.717, 1.165) is 26.6 Å². The Morgan fingerprint density at radius 2 is 1.54 bits per heavy atom. The lowest BCUT2D eigenvalue weighted by Gasteiger charge is -2.24. The number of sulfonamides is 1. The molecule has 0 saturated heterocycles. The smallest absolute Gasteiger partial charge is 0.279 e. The maximum absolute atomic E-state index is 14.0.